The van der Waals surface area contributed by atoms with Crippen LogP contribution in [0.2, 0.25) is 0 Å². The molecule has 2 saturated heterocycles. The van der Waals surface area contributed by atoms with Crippen LogP contribution in [0.5, 0.6) is 5.75 Å². The lowest BCUT2D eigenvalue weighted by atomic mass is 9.90. The summed E-state index contributed by atoms with van der Waals surface area (Å²) >= 11 is 0. The predicted molar refractivity (Wildman–Crippen MR) is 187 cm³/mol. The number of imide groups is 1. The van der Waals surface area contributed by atoms with Crippen LogP contribution in [0.1, 0.15) is 65.3 Å². The molecule has 3 fully saturated rings. The van der Waals surface area contributed by atoms with Gasteiger partial charge >= 0.3 is 0 Å². The van der Waals surface area contributed by atoms with Gasteiger partial charge in [0.15, 0.2) is 12.3 Å². The van der Waals surface area contributed by atoms with Gasteiger partial charge in [0.05, 0.1) is 29.2 Å². The monoisotopic (exact) mass is 691 g/mol. The van der Waals surface area contributed by atoms with Gasteiger partial charge in [-0.05, 0) is 50.7 Å². The standard InChI is InChI=1S/C37H41N9O5/c47-31(21-51-30-10-4-8-27-32(30)37(50)45(36(27)49)29-9-5-15-39-35(29)48)41-23-43-16-18-44(19-17-43)25-11-13-26(14-12-25)46-34-28(20-38-22-40-34)33(42-46)24-6-2-1-3-7-24/h1-4,6-8,10,20,22,25-26,29H,5,9,11-19,21,23H2,(H,39,48)(H,41,47). The molecule has 2 aromatic heterocycles. The number of nitrogens with one attached hydrogen (secondary N) is 2. The lowest BCUT2D eigenvalue weighted by Gasteiger charge is -2.42. The van der Waals surface area contributed by atoms with Gasteiger partial charge in [-0.15, -0.1) is 0 Å². The number of amides is 4. The van der Waals surface area contributed by atoms with Crippen molar-refractivity contribution in [1.82, 2.24) is 45.1 Å². The molecule has 0 radical (unpaired) electrons. The molecule has 0 spiro atoms. The first-order valence-corrected chi connectivity index (χ1v) is 17.8. The molecule has 0 bridgehead atoms. The van der Waals surface area contributed by atoms with E-state index in [1.165, 1.54) is 0 Å². The van der Waals surface area contributed by atoms with Gasteiger partial charge in [0, 0.05) is 50.5 Å². The van der Waals surface area contributed by atoms with Gasteiger partial charge in [-0.3, -0.25) is 33.9 Å². The molecule has 4 aromatic rings. The molecule has 14 nitrogen and oxygen atoms in total. The molecule has 2 aromatic carbocycles. The number of piperidine rings is 1. The molecular formula is C37H41N9O5. The van der Waals surface area contributed by atoms with Crippen molar-refractivity contribution in [2.45, 2.75) is 56.7 Å². The minimum atomic E-state index is -0.843. The van der Waals surface area contributed by atoms with Gasteiger partial charge in [0.25, 0.3) is 17.7 Å². The molecule has 4 amide bonds. The maximum atomic E-state index is 13.3. The Morgan fingerprint density at radius 2 is 1.69 bits per heavy atom. The second-order valence-corrected chi connectivity index (χ2v) is 13.7. The number of ether oxygens (including phenoxy) is 1. The van der Waals surface area contributed by atoms with Crippen molar-refractivity contribution in [3.8, 4) is 17.0 Å². The Labute approximate surface area is 295 Å². The van der Waals surface area contributed by atoms with Crippen LogP contribution in [0.25, 0.3) is 22.3 Å². The van der Waals surface area contributed by atoms with Crippen molar-refractivity contribution < 1.29 is 23.9 Å². The summed E-state index contributed by atoms with van der Waals surface area (Å²) in [5, 5.41) is 11.7. The number of rotatable bonds is 9. The van der Waals surface area contributed by atoms with Crippen molar-refractivity contribution in [1.29, 1.82) is 0 Å². The van der Waals surface area contributed by atoms with Crippen molar-refractivity contribution in [2.24, 2.45) is 0 Å². The fraction of sp³-hybridized carbons (Fsp3) is 0.432. The average molecular weight is 692 g/mol. The predicted octanol–water partition coefficient (Wildman–Crippen LogP) is 2.62. The van der Waals surface area contributed by atoms with E-state index in [0.717, 1.165) is 79.1 Å². The Kier molecular flexibility index (Phi) is 9.17. The average Bonchev–Trinajstić information content (AvgIpc) is 3.69. The second kappa shape index (κ2) is 14.2. The van der Waals surface area contributed by atoms with Gasteiger partial charge in [0.1, 0.15) is 23.8 Å². The Bertz CT molecular complexity index is 1950. The van der Waals surface area contributed by atoms with Gasteiger partial charge < -0.3 is 15.4 Å². The van der Waals surface area contributed by atoms with E-state index in [1.807, 2.05) is 24.4 Å². The molecule has 14 heteroatoms. The van der Waals surface area contributed by atoms with Crippen LogP contribution in [-0.2, 0) is 9.59 Å². The van der Waals surface area contributed by atoms with Crippen LogP contribution in [-0.4, -0.2) is 116 Å². The van der Waals surface area contributed by atoms with Crippen molar-refractivity contribution in [3.63, 3.8) is 0 Å². The highest BCUT2D eigenvalue weighted by Crippen LogP contribution is 2.36. The first kappa shape index (κ1) is 33.0. The zero-order chi connectivity index (χ0) is 34.9. The van der Waals surface area contributed by atoms with Crippen LogP contribution >= 0.6 is 0 Å². The Balaban J connectivity index is 0.799. The molecular weight excluding hydrogens is 650 g/mol. The van der Waals surface area contributed by atoms with E-state index < -0.39 is 17.9 Å². The van der Waals surface area contributed by atoms with E-state index in [9.17, 15) is 19.2 Å². The SMILES string of the molecule is O=C(COc1cccc2c1C(=O)N(C1CCCNC1=O)C2=O)NCN1CCN(C2CCC(n3nc(-c4ccccc4)c4cncnc43)CC2)CC1. The highest BCUT2D eigenvalue weighted by molar-refractivity contribution is 6.24. The van der Waals surface area contributed by atoms with Gasteiger partial charge in [-0.2, -0.15) is 5.10 Å². The Morgan fingerprint density at radius 3 is 2.47 bits per heavy atom. The molecule has 1 aliphatic carbocycles. The van der Waals surface area contributed by atoms with Crippen LogP contribution < -0.4 is 15.4 Å². The third-order valence-corrected chi connectivity index (χ3v) is 10.7. The largest absolute Gasteiger partial charge is 0.483 e. The summed E-state index contributed by atoms with van der Waals surface area (Å²) in [6, 6.07) is 14.9. The summed E-state index contributed by atoms with van der Waals surface area (Å²) in [4.78, 5) is 66.3. The maximum absolute atomic E-state index is 13.3. The maximum Gasteiger partial charge on any atom is 0.266 e. The third kappa shape index (κ3) is 6.45. The summed E-state index contributed by atoms with van der Waals surface area (Å²) in [7, 11) is 0. The second-order valence-electron chi connectivity index (χ2n) is 13.7. The van der Waals surface area contributed by atoms with Gasteiger partial charge in [-0.1, -0.05) is 36.4 Å². The van der Waals surface area contributed by atoms with Crippen molar-refractivity contribution >= 4 is 34.7 Å². The summed E-state index contributed by atoms with van der Waals surface area (Å²) in [6.07, 6.45) is 8.82. The van der Waals surface area contributed by atoms with Crippen LogP contribution in [0.15, 0.2) is 61.1 Å². The number of hydrogen-bond donors (Lipinski definition) is 2. The number of carbonyl (C=O) groups excluding carboxylic acids is 4. The number of carbonyl (C=O) groups is 4. The number of nitrogens with zero attached hydrogens (tertiary/aromatic N) is 7. The molecule has 1 atom stereocenters. The molecule has 2 N–H and O–H groups in total. The first-order valence-electron chi connectivity index (χ1n) is 17.8. The highest BCUT2D eigenvalue weighted by atomic mass is 16.5. The van der Waals surface area contributed by atoms with E-state index in [2.05, 4.69) is 47.2 Å². The van der Waals surface area contributed by atoms with E-state index in [1.54, 1.807) is 24.5 Å². The molecule has 5 heterocycles. The number of aromatic nitrogens is 4. The zero-order valence-electron chi connectivity index (χ0n) is 28.4. The van der Waals surface area contributed by atoms with Crippen molar-refractivity contribution in [3.05, 3.63) is 72.2 Å². The van der Waals surface area contributed by atoms with Crippen molar-refractivity contribution in [2.75, 3.05) is 46.0 Å². The third-order valence-electron chi connectivity index (χ3n) is 10.7. The van der Waals surface area contributed by atoms with Crippen LogP contribution in [0.3, 0.4) is 0 Å². The smallest absolute Gasteiger partial charge is 0.266 e. The van der Waals surface area contributed by atoms with E-state index in [4.69, 9.17) is 9.84 Å². The summed E-state index contributed by atoms with van der Waals surface area (Å²) < 4.78 is 7.88. The van der Waals surface area contributed by atoms with Crippen LogP contribution in [0.4, 0.5) is 0 Å². The molecule has 8 rings (SSSR count). The molecule has 1 saturated carbocycles. The normalized spacial score (nSPS) is 22.9. The van der Waals surface area contributed by atoms with E-state index >= 15 is 0 Å². The molecule has 51 heavy (non-hydrogen) atoms. The zero-order valence-corrected chi connectivity index (χ0v) is 28.4. The minimum absolute atomic E-state index is 0.0997. The number of benzene rings is 2. The quantitative estimate of drug-likeness (QED) is 0.251. The molecule has 3 aliphatic heterocycles. The van der Waals surface area contributed by atoms with Crippen LogP contribution in [0, 0.1) is 0 Å². The fourth-order valence-electron chi connectivity index (χ4n) is 7.97. The van der Waals surface area contributed by atoms with Gasteiger partial charge in [-0.25, -0.2) is 14.6 Å². The molecule has 264 valence electrons. The Morgan fingerprint density at radius 1 is 0.902 bits per heavy atom. The highest BCUT2D eigenvalue weighted by Gasteiger charge is 2.45. The number of piperazine rings is 1. The fourth-order valence-corrected chi connectivity index (χ4v) is 7.97. The van der Waals surface area contributed by atoms with E-state index in [0.29, 0.717) is 38.1 Å². The molecule has 4 aliphatic rings. The number of fused-ring (bicyclic) bond motifs is 2. The lowest BCUT2D eigenvalue weighted by molar-refractivity contribution is -0.126. The summed E-state index contributed by atoms with van der Waals surface area (Å²) in [5.74, 6) is -1.58. The molecule has 1 unspecified atom stereocenters. The van der Waals surface area contributed by atoms with Gasteiger partial charge in [0.2, 0.25) is 5.91 Å². The van der Waals surface area contributed by atoms with E-state index in [-0.39, 0.29) is 35.3 Å². The summed E-state index contributed by atoms with van der Waals surface area (Å²) in [6.45, 7) is 4.17. The first-order chi connectivity index (χ1) is 25.0. The lowest BCUT2D eigenvalue weighted by Crippen LogP contribution is -2.53. The number of hydrogen-bond acceptors (Lipinski definition) is 10. The topological polar surface area (TPSA) is 155 Å². The Hall–Kier alpha value is -5.21. The minimum Gasteiger partial charge on any atom is -0.483 e. The summed E-state index contributed by atoms with van der Waals surface area (Å²) in [5.41, 5.74) is 3.17.